The molecule has 154 valence electrons. The summed E-state index contributed by atoms with van der Waals surface area (Å²) < 4.78 is 0. The number of amides is 3. The predicted octanol–water partition coefficient (Wildman–Crippen LogP) is -0.274. The van der Waals surface area contributed by atoms with Crippen LogP contribution in [0.3, 0.4) is 0 Å². The molecule has 6 nitrogen and oxygen atoms in total. The third-order valence-electron chi connectivity index (χ3n) is 4.89. The van der Waals surface area contributed by atoms with E-state index in [9.17, 15) is 19.5 Å². The van der Waals surface area contributed by atoms with Crippen molar-refractivity contribution < 1.29 is 49.0 Å². The first-order valence-corrected chi connectivity index (χ1v) is 9.91. The Kier molecular flexibility index (Phi) is 10.8. The molecule has 0 bridgehead atoms. The summed E-state index contributed by atoms with van der Waals surface area (Å²) in [6, 6.07) is 18.0. The molecule has 0 aliphatic carbocycles. The predicted molar refractivity (Wildman–Crippen MR) is 109 cm³/mol. The van der Waals surface area contributed by atoms with E-state index in [0.717, 1.165) is 36.8 Å². The van der Waals surface area contributed by atoms with Gasteiger partial charge in [-0.25, -0.2) is 4.79 Å². The van der Waals surface area contributed by atoms with Crippen molar-refractivity contribution in [1.82, 2.24) is 10.6 Å². The van der Waals surface area contributed by atoms with Crippen molar-refractivity contribution in [2.45, 2.75) is 45.1 Å². The zero-order valence-electron chi connectivity index (χ0n) is 17.8. The molecule has 1 aliphatic rings. The molecule has 30 heavy (non-hydrogen) atoms. The molecule has 3 rings (SSSR count). The molecule has 1 saturated heterocycles. The van der Waals surface area contributed by atoms with Gasteiger partial charge in [0, 0.05) is 5.97 Å². The summed E-state index contributed by atoms with van der Waals surface area (Å²) in [5, 5.41) is 15.4. The molecular weight excluding hydrogens is 391 g/mol. The number of rotatable bonds is 7. The molecule has 0 atom stereocenters. The SMILES string of the molecule is CCCC(CCC)C(=O)[O-].O=C1NC(=O)C(c2ccccc2)(c2ccccc2)N1.[Na+]. The maximum Gasteiger partial charge on any atom is 1.00 e. The molecular formula is C23H27N2NaO4. The number of imide groups is 1. The van der Waals surface area contributed by atoms with Gasteiger partial charge in [-0.2, -0.15) is 0 Å². The smallest absolute Gasteiger partial charge is 0.550 e. The van der Waals surface area contributed by atoms with Crippen LogP contribution >= 0.6 is 0 Å². The first-order chi connectivity index (χ1) is 14.0. The van der Waals surface area contributed by atoms with E-state index < -0.39 is 17.5 Å². The van der Waals surface area contributed by atoms with E-state index in [1.165, 1.54) is 0 Å². The third-order valence-corrected chi connectivity index (χ3v) is 4.89. The number of aliphatic carboxylic acids is 1. The number of carboxylic acids is 1. The van der Waals surface area contributed by atoms with Crippen molar-refractivity contribution in [3.8, 4) is 0 Å². The Morgan fingerprint density at radius 2 is 1.33 bits per heavy atom. The van der Waals surface area contributed by atoms with Crippen LogP contribution in [0.15, 0.2) is 60.7 Å². The molecule has 2 aromatic carbocycles. The van der Waals surface area contributed by atoms with Crippen molar-refractivity contribution in [2.75, 3.05) is 0 Å². The maximum absolute atomic E-state index is 12.3. The Labute approximate surface area is 199 Å². The minimum atomic E-state index is -1.14. The Hall–Kier alpha value is -2.15. The van der Waals surface area contributed by atoms with E-state index in [1.807, 2.05) is 74.5 Å². The minimum Gasteiger partial charge on any atom is -0.550 e. The molecule has 0 radical (unpaired) electrons. The average molecular weight is 418 g/mol. The molecule has 2 aromatic rings. The van der Waals surface area contributed by atoms with Crippen LogP contribution in [-0.4, -0.2) is 17.9 Å². The van der Waals surface area contributed by atoms with Gasteiger partial charge in [0.15, 0.2) is 5.54 Å². The number of hydrogen-bond donors (Lipinski definition) is 2. The first-order valence-electron chi connectivity index (χ1n) is 9.91. The molecule has 2 N–H and O–H groups in total. The molecule has 0 saturated carbocycles. The van der Waals surface area contributed by atoms with Crippen molar-refractivity contribution in [3.05, 3.63) is 71.8 Å². The van der Waals surface area contributed by atoms with Gasteiger partial charge in [-0.3, -0.25) is 10.1 Å². The fraction of sp³-hybridized carbons (Fsp3) is 0.348. The summed E-state index contributed by atoms with van der Waals surface area (Å²) in [5.74, 6) is -1.45. The Morgan fingerprint density at radius 1 is 0.900 bits per heavy atom. The van der Waals surface area contributed by atoms with Crippen molar-refractivity contribution in [1.29, 1.82) is 0 Å². The summed E-state index contributed by atoms with van der Waals surface area (Å²) in [4.78, 5) is 34.3. The fourth-order valence-corrected chi connectivity index (χ4v) is 3.48. The summed E-state index contributed by atoms with van der Waals surface area (Å²) in [5.41, 5.74) is 0.341. The Balaban J connectivity index is 0.000000354. The van der Waals surface area contributed by atoms with Crippen LogP contribution in [-0.2, 0) is 15.1 Å². The number of urea groups is 1. The number of hydrogen-bond acceptors (Lipinski definition) is 4. The second kappa shape index (κ2) is 12.5. The molecule has 1 heterocycles. The van der Waals surface area contributed by atoms with Crippen LogP contribution in [0.1, 0.15) is 50.7 Å². The Bertz CT molecular complexity index is 782. The second-order valence-electron chi connectivity index (χ2n) is 6.98. The molecule has 1 aliphatic heterocycles. The molecule has 1 fully saturated rings. The summed E-state index contributed by atoms with van der Waals surface area (Å²) in [6.07, 6.45) is 3.38. The van der Waals surface area contributed by atoms with Gasteiger partial charge in [-0.15, -0.1) is 0 Å². The Morgan fingerprint density at radius 3 is 1.63 bits per heavy atom. The van der Waals surface area contributed by atoms with Crippen LogP contribution in [0.25, 0.3) is 0 Å². The van der Waals surface area contributed by atoms with E-state index in [2.05, 4.69) is 10.6 Å². The van der Waals surface area contributed by atoms with Gasteiger partial charge in [0.25, 0.3) is 5.91 Å². The van der Waals surface area contributed by atoms with Crippen LogP contribution in [0.4, 0.5) is 4.79 Å². The standard InChI is InChI=1S/C15H12N2O2.C8H16O2.Na/c18-13-15(17-14(19)16-13,11-7-3-1-4-8-11)12-9-5-2-6-10-12;1-3-5-7(6-4-2)8(9)10;/h1-10H,(H2,16,17,18,19);7H,3-6H2,1-2H3,(H,9,10);/q;;+1/p-1. The van der Waals surface area contributed by atoms with Crippen LogP contribution in [0, 0.1) is 5.92 Å². The molecule has 7 heteroatoms. The maximum atomic E-state index is 12.3. The van der Waals surface area contributed by atoms with E-state index in [1.54, 1.807) is 0 Å². The number of nitrogens with one attached hydrogen (secondary N) is 2. The van der Waals surface area contributed by atoms with E-state index in [4.69, 9.17) is 0 Å². The van der Waals surface area contributed by atoms with E-state index in [0.29, 0.717) is 0 Å². The largest absolute Gasteiger partial charge is 1.00 e. The first kappa shape index (κ1) is 25.9. The van der Waals surface area contributed by atoms with Crippen LogP contribution in [0.5, 0.6) is 0 Å². The van der Waals surface area contributed by atoms with Gasteiger partial charge in [-0.05, 0) is 29.9 Å². The van der Waals surface area contributed by atoms with Crippen LogP contribution < -0.4 is 45.3 Å². The zero-order chi connectivity index (χ0) is 21.3. The number of carboxylic acid groups (broad SMARTS) is 1. The average Bonchev–Trinajstić information content (AvgIpc) is 3.04. The number of carbonyl (C=O) groups excluding carboxylic acids is 3. The molecule has 3 amide bonds. The number of carbonyl (C=O) groups is 3. The minimum absolute atomic E-state index is 0. The quantitative estimate of drug-likeness (QED) is 0.478. The van der Waals surface area contributed by atoms with Crippen molar-refractivity contribution in [3.63, 3.8) is 0 Å². The van der Waals surface area contributed by atoms with Crippen LogP contribution in [0.2, 0.25) is 0 Å². The van der Waals surface area contributed by atoms with Gasteiger partial charge in [-0.1, -0.05) is 87.4 Å². The molecule has 0 aromatic heterocycles. The monoisotopic (exact) mass is 418 g/mol. The number of benzene rings is 2. The molecule has 0 unspecified atom stereocenters. The third kappa shape index (κ3) is 6.17. The topological polar surface area (TPSA) is 98.3 Å². The van der Waals surface area contributed by atoms with Gasteiger partial charge in [0.1, 0.15) is 0 Å². The van der Waals surface area contributed by atoms with Gasteiger partial charge in [0.2, 0.25) is 0 Å². The van der Waals surface area contributed by atoms with E-state index in [-0.39, 0.29) is 41.4 Å². The normalized spacial score (nSPS) is 14.1. The fourth-order valence-electron chi connectivity index (χ4n) is 3.48. The van der Waals surface area contributed by atoms with Gasteiger partial charge < -0.3 is 15.2 Å². The zero-order valence-corrected chi connectivity index (χ0v) is 19.8. The van der Waals surface area contributed by atoms with E-state index >= 15 is 0 Å². The van der Waals surface area contributed by atoms with Crippen molar-refractivity contribution >= 4 is 17.9 Å². The van der Waals surface area contributed by atoms with Gasteiger partial charge in [0.05, 0.1) is 0 Å². The van der Waals surface area contributed by atoms with Crippen molar-refractivity contribution in [2.24, 2.45) is 5.92 Å². The summed E-state index contributed by atoms with van der Waals surface area (Å²) in [7, 11) is 0. The molecule has 0 spiro atoms. The van der Waals surface area contributed by atoms with Gasteiger partial charge >= 0.3 is 35.6 Å². The second-order valence-corrected chi connectivity index (χ2v) is 6.98. The summed E-state index contributed by atoms with van der Waals surface area (Å²) in [6.45, 7) is 3.98. The summed E-state index contributed by atoms with van der Waals surface area (Å²) >= 11 is 0.